The second-order valence-corrected chi connectivity index (χ2v) is 8.06. The van der Waals surface area contributed by atoms with Gasteiger partial charge in [-0.25, -0.2) is 8.42 Å². The van der Waals surface area contributed by atoms with Crippen molar-refractivity contribution in [3.63, 3.8) is 0 Å². The van der Waals surface area contributed by atoms with Crippen LogP contribution in [0.2, 0.25) is 0 Å². The lowest BCUT2D eigenvalue weighted by Crippen LogP contribution is -2.22. The summed E-state index contributed by atoms with van der Waals surface area (Å²) < 4.78 is 29.1. The lowest BCUT2D eigenvalue weighted by molar-refractivity contribution is 0.339. The number of halogens is 1. The molecule has 0 aliphatic rings. The van der Waals surface area contributed by atoms with Crippen LogP contribution in [0.4, 0.5) is 0 Å². The standard InChI is InChI=1S/C16H21ClO3S/c1-13(2)21(18,19)11-10-20-16-8-7-14(3)12-15(16)6-4-5-9-17/h7-8,12-13H,5,9-11H2,1-3H3. The molecule has 0 bridgehead atoms. The molecule has 0 radical (unpaired) electrons. The van der Waals surface area contributed by atoms with Gasteiger partial charge < -0.3 is 4.74 Å². The van der Waals surface area contributed by atoms with Gasteiger partial charge in [-0.3, -0.25) is 0 Å². The van der Waals surface area contributed by atoms with Crippen molar-refractivity contribution in [2.24, 2.45) is 0 Å². The Kier molecular flexibility index (Phi) is 7.07. The van der Waals surface area contributed by atoms with Gasteiger partial charge in [0.15, 0.2) is 9.84 Å². The Labute approximate surface area is 132 Å². The Bertz CT molecular complexity index is 625. The summed E-state index contributed by atoms with van der Waals surface area (Å²) >= 11 is 5.60. The predicted molar refractivity (Wildman–Crippen MR) is 87.8 cm³/mol. The molecule has 116 valence electrons. The zero-order chi connectivity index (χ0) is 15.9. The van der Waals surface area contributed by atoms with Gasteiger partial charge >= 0.3 is 0 Å². The summed E-state index contributed by atoms with van der Waals surface area (Å²) in [5.74, 6) is 7.09. The molecule has 0 aliphatic heterocycles. The fourth-order valence-electron chi connectivity index (χ4n) is 1.58. The molecule has 0 saturated carbocycles. The summed E-state index contributed by atoms with van der Waals surface area (Å²) in [5.41, 5.74) is 1.84. The van der Waals surface area contributed by atoms with Crippen LogP contribution in [0.3, 0.4) is 0 Å². The first-order valence-corrected chi connectivity index (χ1v) is 9.11. The van der Waals surface area contributed by atoms with E-state index >= 15 is 0 Å². The third-order valence-electron chi connectivity index (χ3n) is 2.92. The molecule has 0 unspecified atom stereocenters. The maximum atomic E-state index is 11.7. The minimum absolute atomic E-state index is 0.00704. The van der Waals surface area contributed by atoms with Crippen LogP contribution in [0.15, 0.2) is 18.2 Å². The van der Waals surface area contributed by atoms with Gasteiger partial charge in [0.1, 0.15) is 12.4 Å². The van der Waals surface area contributed by atoms with E-state index in [9.17, 15) is 8.42 Å². The number of ether oxygens (including phenoxy) is 1. The number of sulfone groups is 1. The average Bonchev–Trinajstić information content (AvgIpc) is 2.41. The fraction of sp³-hybridized carbons (Fsp3) is 0.500. The van der Waals surface area contributed by atoms with Gasteiger partial charge in [-0.05, 0) is 38.5 Å². The summed E-state index contributed by atoms with van der Waals surface area (Å²) in [6.07, 6.45) is 0.608. The van der Waals surface area contributed by atoms with Crippen molar-refractivity contribution in [2.45, 2.75) is 32.4 Å². The van der Waals surface area contributed by atoms with Crippen LogP contribution in [0.25, 0.3) is 0 Å². The average molecular weight is 329 g/mol. The van der Waals surface area contributed by atoms with Crippen molar-refractivity contribution >= 4 is 21.4 Å². The highest BCUT2D eigenvalue weighted by Crippen LogP contribution is 2.19. The van der Waals surface area contributed by atoms with E-state index in [1.807, 2.05) is 25.1 Å². The Morgan fingerprint density at radius 1 is 1.33 bits per heavy atom. The van der Waals surface area contributed by atoms with Gasteiger partial charge in [0.2, 0.25) is 0 Å². The van der Waals surface area contributed by atoms with Gasteiger partial charge in [-0.2, -0.15) is 0 Å². The molecule has 0 N–H and O–H groups in total. The van der Waals surface area contributed by atoms with Crippen LogP contribution in [0.1, 0.15) is 31.4 Å². The highest BCUT2D eigenvalue weighted by molar-refractivity contribution is 7.91. The normalized spacial score (nSPS) is 11.1. The van der Waals surface area contributed by atoms with Crippen molar-refractivity contribution in [2.75, 3.05) is 18.2 Å². The highest BCUT2D eigenvalue weighted by atomic mass is 35.5. The molecule has 0 amide bonds. The molecular weight excluding hydrogens is 308 g/mol. The van der Waals surface area contributed by atoms with Crippen LogP contribution < -0.4 is 4.74 Å². The Morgan fingerprint density at radius 3 is 2.67 bits per heavy atom. The topological polar surface area (TPSA) is 43.4 Å². The summed E-state index contributed by atoms with van der Waals surface area (Å²) in [6.45, 7) is 5.45. The van der Waals surface area contributed by atoms with Crippen LogP contribution in [0.5, 0.6) is 5.75 Å². The minimum Gasteiger partial charge on any atom is -0.491 e. The van der Waals surface area contributed by atoms with Crippen molar-refractivity contribution < 1.29 is 13.2 Å². The maximum absolute atomic E-state index is 11.7. The molecule has 21 heavy (non-hydrogen) atoms. The van der Waals surface area contributed by atoms with E-state index in [1.54, 1.807) is 13.8 Å². The molecule has 1 aromatic rings. The number of aryl methyl sites for hydroxylation is 1. The first-order chi connectivity index (χ1) is 9.86. The smallest absolute Gasteiger partial charge is 0.155 e. The molecule has 0 fully saturated rings. The summed E-state index contributed by atoms with van der Waals surface area (Å²) in [5, 5.41) is -0.387. The minimum atomic E-state index is -3.09. The largest absolute Gasteiger partial charge is 0.491 e. The van der Waals surface area contributed by atoms with Crippen LogP contribution in [0, 0.1) is 18.8 Å². The highest BCUT2D eigenvalue weighted by Gasteiger charge is 2.16. The monoisotopic (exact) mass is 328 g/mol. The molecule has 0 aliphatic carbocycles. The van der Waals surface area contributed by atoms with Gasteiger partial charge in [0.05, 0.1) is 16.6 Å². The van der Waals surface area contributed by atoms with Crippen molar-refractivity contribution in [1.82, 2.24) is 0 Å². The van der Waals surface area contributed by atoms with Gasteiger partial charge in [0.25, 0.3) is 0 Å². The van der Waals surface area contributed by atoms with E-state index in [-0.39, 0.29) is 17.6 Å². The number of rotatable bonds is 6. The zero-order valence-electron chi connectivity index (χ0n) is 12.6. The molecule has 0 heterocycles. The van der Waals surface area contributed by atoms with Crippen LogP contribution in [-0.4, -0.2) is 31.9 Å². The molecule has 1 rings (SSSR count). The van der Waals surface area contributed by atoms with E-state index in [1.165, 1.54) is 0 Å². The van der Waals surface area contributed by atoms with Crippen LogP contribution in [-0.2, 0) is 9.84 Å². The summed E-state index contributed by atoms with van der Waals surface area (Å²) in [4.78, 5) is 0. The lowest BCUT2D eigenvalue weighted by Gasteiger charge is -2.11. The molecule has 1 aromatic carbocycles. The number of benzene rings is 1. The Morgan fingerprint density at radius 2 is 2.05 bits per heavy atom. The van der Waals surface area contributed by atoms with Gasteiger partial charge in [-0.15, -0.1) is 11.6 Å². The van der Waals surface area contributed by atoms with E-state index in [0.29, 0.717) is 18.1 Å². The summed E-state index contributed by atoms with van der Waals surface area (Å²) in [7, 11) is -3.09. The molecule has 0 saturated heterocycles. The molecule has 0 spiro atoms. The molecular formula is C16H21ClO3S. The van der Waals surface area contributed by atoms with Crippen molar-refractivity contribution in [1.29, 1.82) is 0 Å². The number of hydrogen-bond donors (Lipinski definition) is 0. The zero-order valence-corrected chi connectivity index (χ0v) is 14.2. The number of alkyl halides is 1. The van der Waals surface area contributed by atoms with E-state index < -0.39 is 9.84 Å². The predicted octanol–water partition coefficient (Wildman–Crippen LogP) is 3.18. The quantitative estimate of drug-likeness (QED) is 0.595. The Balaban J connectivity index is 2.78. The lowest BCUT2D eigenvalue weighted by atomic mass is 10.1. The van der Waals surface area contributed by atoms with Crippen molar-refractivity contribution in [3.8, 4) is 17.6 Å². The number of hydrogen-bond acceptors (Lipinski definition) is 3. The third kappa shape index (κ3) is 5.99. The molecule has 5 heteroatoms. The maximum Gasteiger partial charge on any atom is 0.155 e. The second kappa shape index (κ2) is 8.31. The van der Waals surface area contributed by atoms with Gasteiger partial charge in [-0.1, -0.05) is 17.9 Å². The van der Waals surface area contributed by atoms with Crippen molar-refractivity contribution in [3.05, 3.63) is 29.3 Å². The van der Waals surface area contributed by atoms with Crippen LogP contribution >= 0.6 is 11.6 Å². The Hall–Kier alpha value is -1.18. The summed E-state index contributed by atoms with van der Waals surface area (Å²) in [6, 6.07) is 5.66. The third-order valence-corrected chi connectivity index (χ3v) is 5.28. The second-order valence-electron chi connectivity index (χ2n) is 5.00. The SMILES string of the molecule is Cc1ccc(OCCS(=O)(=O)C(C)C)c(C#CCCCl)c1. The van der Waals surface area contributed by atoms with Gasteiger partial charge in [0, 0.05) is 12.3 Å². The van der Waals surface area contributed by atoms with E-state index in [4.69, 9.17) is 16.3 Å². The van der Waals surface area contributed by atoms with E-state index in [2.05, 4.69) is 11.8 Å². The first kappa shape index (κ1) is 17.9. The molecule has 0 aromatic heterocycles. The fourth-order valence-corrected chi connectivity index (χ4v) is 2.46. The van der Waals surface area contributed by atoms with E-state index in [0.717, 1.165) is 11.1 Å². The molecule has 0 atom stereocenters. The molecule has 3 nitrogen and oxygen atoms in total. The first-order valence-electron chi connectivity index (χ1n) is 6.86.